The first kappa shape index (κ1) is 15.3. The fourth-order valence-electron chi connectivity index (χ4n) is 3.19. The molecule has 0 aliphatic carbocycles. The molecule has 2 saturated heterocycles. The predicted octanol–water partition coefficient (Wildman–Crippen LogP) is 0.932. The van der Waals surface area contributed by atoms with Gasteiger partial charge in [-0.2, -0.15) is 21.2 Å². The Labute approximate surface area is 129 Å². The first-order valence-electron chi connectivity index (χ1n) is 7.14. The Morgan fingerprint density at radius 1 is 1.38 bits per heavy atom. The molecule has 8 heteroatoms. The lowest BCUT2D eigenvalue weighted by Crippen LogP contribution is -2.54. The zero-order chi connectivity index (χ0) is 15.2. The highest BCUT2D eigenvalue weighted by molar-refractivity contribution is 8.00. The highest BCUT2D eigenvalue weighted by Gasteiger charge is 2.42. The quantitative estimate of drug-likeness (QED) is 0.807. The third-order valence-corrected chi connectivity index (χ3v) is 7.77. The van der Waals surface area contributed by atoms with E-state index in [1.54, 1.807) is 23.0 Å². The number of nitrogens with zero attached hydrogens (tertiary/aromatic N) is 3. The van der Waals surface area contributed by atoms with Crippen LogP contribution in [0, 0.1) is 13.8 Å². The lowest BCUT2D eigenvalue weighted by Gasteiger charge is -2.42. The number of aromatic nitrogens is 2. The summed E-state index contributed by atoms with van der Waals surface area (Å²) >= 11 is 1.82. The van der Waals surface area contributed by atoms with Gasteiger partial charge < -0.3 is 4.74 Å². The van der Waals surface area contributed by atoms with E-state index in [1.807, 2.05) is 18.7 Å². The van der Waals surface area contributed by atoms with Gasteiger partial charge in [-0.3, -0.25) is 4.68 Å². The Morgan fingerprint density at radius 2 is 2.14 bits per heavy atom. The van der Waals surface area contributed by atoms with Gasteiger partial charge in [-0.25, -0.2) is 8.42 Å². The van der Waals surface area contributed by atoms with Crippen LogP contribution in [-0.2, 0) is 21.8 Å². The number of sulfonamides is 1. The van der Waals surface area contributed by atoms with Crippen LogP contribution < -0.4 is 0 Å². The van der Waals surface area contributed by atoms with Gasteiger partial charge in [-0.1, -0.05) is 0 Å². The molecule has 0 amide bonds. The molecule has 2 aliphatic rings. The van der Waals surface area contributed by atoms with E-state index in [4.69, 9.17) is 4.74 Å². The number of hydrogen-bond acceptors (Lipinski definition) is 5. The van der Waals surface area contributed by atoms with Gasteiger partial charge in [0.15, 0.2) is 0 Å². The average molecular weight is 331 g/mol. The van der Waals surface area contributed by atoms with Crippen molar-refractivity contribution in [1.29, 1.82) is 0 Å². The highest BCUT2D eigenvalue weighted by Crippen LogP contribution is 2.35. The summed E-state index contributed by atoms with van der Waals surface area (Å²) in [5.41, 5.74) is 1.28. The number of hydrogen-bond donors (Lipinski definition) is 0. The second-order valence-corrected chi connectivity index (χ2v) is 8.75. The SMILES string of the molecule is Cc1nn(C)c(C)c1S(=O)(=O)N1CCS[C@@H]2COCC[C@@H]21. The van der Waals surface area contributed by atoms with Crippen LogP contribution in [0.15, 0.2) is 4.90 Å². The van der Waals surface area contributed by atoms with Crippen LogP contribution in [0.25, 0.3) is 0 Å². The fraction of sp³-hybridized carbons (Fsp3) is 0.769. The van der Waals surface area contributed by atoms with Crippen LogP contribution in [0.3, 0.4) is 0 Å². The minimum absolute atomic E-state index is 0.0431. The Bertz CT molecular complexity index is 639. The summed E-state index contributed by atoms with van der Waals surface area (Å²) in [5.74, 6) is 0.822. The largest absolute Gasteiger partial charge is 0.380 e. The molecular weight excluding hydrogens is 310 g/mol. The molecule has 2 fully saturated rings. The average Bonchev–Trinajstić information content (AvgIpc) is 2.71. The van der Waals surface area contributed by atoms with Crippen molar-refractivity contribution in [2.75, 3.05) is 25.5 Å². The van der Waals surface area contributed by atoms with Crippen LogP contribution >= 0.6 is 11.8 Å². The van der Waals surface area contributed by atoms with E-state index < -0.39 is 10.0 Å². The molecule has 118 valence electrons. The minimum Gasteiger partial charge on any atom is -0.380 e. The van der Waals surface area contributed by atoms with Crippen LogP contribution in [0.1, 0.15) is 17.8 Å². The van der Waals surface area contributed by atoms with Crippen molar-refractivity contribution in [3.05, 3.63) is 11.4 Å². The summed E-state index contributed by atoms with van der Waals surface area (Å²) in [5, 5.41) is 4.51. The molecule has 0 radical (unpaired) electrons. The van der Waals surface area contributed by atoms with Crippen molar-refractivity contribution in [3.8, 4) is 0 Å². The van der Waals surface area contributed by atoms with Crippen molar-refractivity contribution in [2.45, 2.75) is 36.5 Å². The molecular formula is C13H21N3O3S2. The van der Waals surface area contributed by atoms with Crippen LogP contribution in [0.2, 0.25) is 0 Å². The number of thioether (sulfide) groups is 1. The molecule has 1 aromatic rings. The maximum atomic E-state index is 13.1. The van der Waals surface area contributed by atoms with Gasteiger partial charge >= 0.3 is 0 Å². The molecule has 0 bridgehead atoms. The maximum Gasteiger partial charge on any atom is 0.247 e. The van der Waals surface area contributed by atoms with E-state index in [2.05, 4.69) is 5.10 Å². The van der Waals surface area contributed by atoms with Gasteiger partial charge in [0.2, 0.25) is 10.0 Å². The topological polar surface area (TPSA) is 64.4 Å². The lowest BCUT2D eigenvalue weighted by atomic mass is 10.1. The molecule has 2 atom stereocenters. The van der Waals surface area contributed by atoms with Crippen LogP contribution in [-0.4, -0.2) is 59.3 Å². The van der Waals surface area contributed by atoms with Gasteiger partial charge in [0.05, 0.1) is 18.0 Å². The van der Waals surface area contributed by atoms with Crippen LogP contribution in [0.5, 0.6) is 0 Å². The minimum atomic E-state index is -3.49. The zero-order valence-electron chi connectivity index (χ0n) is 12.6. The van der Waals surface area contributed by atoms with E-state index in [0.717, 1.165) is 12.2 Å². The highest BCUT2D eigenvalue weighted by atomic mass is 32.2. The second-order valence-electron chi connectivity index (χ2n) is 5.58. The lowest BCUT2D eigenvalue weighted by molar-refractivity contribution is 0.0625. The maximum absolute atomic E-state index is 13.1. The van der Waals surface area contributed by atoms with Crippen molar-refractivity contribution in [1.82, 2.24) is 14.1 Å². The van der Waals surface area contributed by atoms with E-state index in [9.17, 15) is 8.42 Å². The summed E-state index contributed by atoms with van der Waals surface area (Å²) in [4.78, 5) is 0.377. The first-order chi connectivity index (χ1) is 9.93. The van der Waals surface area contributed by atoms with Crippen molar-refractivity contribution in [3.63, 3.8) is 0 Å². The number of ether oxygens (including phenoxy) is 1. The molecule has 0 saturated carbocycles. The van der Waals surface area contributed by atoms with Gasteiger partial charge in [-0.15, -0.1) is 0 Å². The van der Waals surface area contributed by atoms with Gasteiger partial charge in [0.25, 0.3) is 0 Å². The number of aryl methyl sites for hydroxylation is 2. The van der Waals surface area contributed by atoms with E-state index in [1.165, 1.54) is 0 Å². The molecule has 1 aromatic heterocycles. The smallest absolute Gasteiger partial charge is 0.247 e. The third kappa shape index (κ3) is 2.52. The summed E-state index contributed by atoms with van der Waals surface area (Å²) in [6, 6.07) is 0.0431. The third-order valence-electron chi connectivity index (χ3n) is 4.29. The molecule has 0 aromatic carbocycles. The molecule has 0 N–H and O–H groups in total. The molecule has 0 unspecified atom stereocenters. The van der Waals surface area contributed by atoms with Gasteiger partial charge in [0, 0.05) is 37.2 Å². The number of rotatable bonds is 2. The molecule has 21 heavy (non-hydrogen) atoms. The van der Waals surface area contributed by atoms with E-state index >= 15 is 0 Å². The Hall–Kier alpha value is -0.570. The van der Waals surface area contributed by atoms with E-state index in [-0.39, 0.29) is 11.3 Å². The summed E-state index contributed by atoms with van der Waals surface area (Å²) in [7, 11) is -1.71. The monoisotopic (exact) mass is 331 g/mol. The number of fused-ring (bicyclic) bond motifs is 1. The van der Waals surface area contributed by atoms with E-state index in [0.29, 0.717) is 36.0 Å². The Kier molecular flexibility index (Phi) is 4.06. The fourth-order valence-corrected chi connectivity index (χ4v) is 6.78. The summed E-state index contributed by atoms with van der Waals surface area (Å²) in [6.45, 7) is 5.43. The Balaban J connectivity index is 2.00. The van der Waals surface area contributed by atoms with Crippen molar-refractivity contribution < 1.29 is 13.2 Å². The molecule has 0 spiro atoms. The molecule has 6 nitrogen and oxygen atoms in total. The predicted molar refractivity (Wildman–Crippen MR) is 82.0 cm³/mol. The summed E-state index contributed by atoms with van der Waals surface area (Å²) in [6.07, 6.45) is 0.773. The molecule has 3 heterocycles. The Morgan fingerprint density at radius 3 is 2.81 bits per heavy atom. The normalized spacial score (nSPS) is 27.6. The van der Waals surface area contributed by atoms with Gasteiger partial charge in [0.1, 0.15) is 4.90 Å². The van der Waals surface area contributed by atoms with Crippen molar-refractivity contribution in [2.24, 2.45) is 7.05 Å². The molecule has 2 aliphatic heterocycles. The standard InChI is InChI=1S/C13H21N3O3S2/c1-9-13(10(2)15(3)14-9)21(17,18)16-5-7-20-12-8-19-6-4-11(12)16/h11-12H,4-8H2,1-3H3/t11-,12+/m0/s1. The van der Waals surface area contributed by atoms with Crippen LogP contribution in [0.4, 0.5) is 0 Å². The first-order valence-corrected chi connectivity index (χ1v) is 9.63. The summed E-state index contributed by atoms with van der Waals surface area (Å²) < 4.78 is 35.1. The van der Waals surface area contributed by atoms with Gasteiger partial charge in [-0.05, 0) is 20.3 Å². The molecule has 3 rings (SSSR count). The zero-order valence-corrected chi connectivity index (χ0v) is 14.2. The van der Waals surface area contributed by atoms with Crippen molar-refractivity contribution >= 4 is 21.8 Å². The second kappa shape index (κ2) is 5.57.